The van der Waals surface area contributed by atoms with Gasteiger partial charge in [-0.1, -0.05) is 0 Å². The molecule has 0 aliphatic heterocycles. The highest BCUT2D eigenvalue weighted by Crippen LogP contribution is 2.15. The molecule has 0 atom stereocenters. The van der Waals surface area contributed by atoms with E-state index in [1.165, 1.54) is 20.0 Å². The summed E-state index contributed by atoms with van der Waals surface area (Å²) in [5.41, 5.74) is 0.0658. The maximum absolute atomic E-state index is 11.6. The standard InChI is InChI=1S/C9H15N3O4S/c1-4-16-9(13)7-5-10-11-8(7)12-17(14,15)6(2)3/h5-6H,4H2,1-3H3,(H2,10,11,12). The van der Waals surface area contributed by atoms with E-state index in [0.717, 1.165) is 0 Å². The third kappa shape index (κ3) is 3.19. The summed E-state index contributed by atoms with van der Waals surface area (Å²) in [6.45, 7) is 4.93. The molecule has 8 heteroatoms. The Morgan fingerprint density at radius 1 is 1.59 bits per heavy atom. The van der Waals surface area contributed by atoms with Gasteiger partial charge in [0.2, 0.25) is 10.0 Å². The fraction of sp³-hybridized carbons (Fsp3) is 0.556. The van der Waals surface area contributed by atoms with Gasteiger partial charge in [0.1, 0.15) is 11.4 Å². The zero-order valence-electron chi connectivity index (χ0n) is 9.85. The maximum Gasteiger partial charge on any atom is 0.343 e. The van der Waals surface area contributed by atoms with Crippen molar-refractivity contribution in [2.24, 2.45) is 0 Å². The average Bonchev–Trinajstić information content (AvgIpc) is 2.65. The van der Waals surface area contributed by atoms with Gasteiger partial charge in [0.05, 0.1) is 18.1 Å². The molecule has 96 valence electrons. The van der Waals surface area contributed by atoms with Gasteiger partial charge in [-0.3, -0.25) is 9.82 Å². The van der Waals surface area contributed by atoms with E-state index in [-0.39, 0.29) is 18.0 Å². The molecule has 1 aromatic heterocycles. The predicted octanol–water partition coefficient (Wildman–Crippen LogP) is 0.736. The van der Waals surface area contributed by atoms with Gasteiger partial charge >= 0.3 is 5.97 Å². The van der Waals surface area contributed by atoms with Crippen LogP contribution in [0.5, 0.6) is 0 Å². The molecule has 1 aromatic rings. The number of nitrogens with one attached hydrogen (secondary N) is 2. The van der Waals surface area contributed by atoms with Gasteiger partial charge in [-0.2, -0.15) is 5.10 Å². The minimum Gasteiger partial charge on any atom is -0.462 e. The van der Waals surface area contributed by atoms with Crippen molar-refractivity contribution in [3.63, 3.8) is 0 Å². The van der Waals surface area contributed by atoms with Crippen molar-refractivity contribution < 1.29 is 17.9 Å². The highest BCUT2D eigenvalue weighted by atomic mass is 32.2. The number of carbonyl (C=O) groups excluding carboxylic acids is 1. The van der Waals surface area contributed by atoms with Gasteiger partial charge in [-0.25, -0.2) is 13.2 Å². The van der Waals surface area contributed by atoms with Crippen molar-refractivity contribution in [2.45, 2.75) is 26.0 Å². The number of anilines is 1. The normalized spacial score (nSPS) is 11.5. The Morgan fingerprint density at radius 2 is 2.24 bits per heavy atom. The minimum absolute atomic E-state index is 0.0251. The number of hydrogen-bond donors (Lipinski definition) is 2. The quantitative estimate of drug-likeness (QED) is 0.761. The van der Waals surface area contributed by atoms with Gasteiger partial charge in [0.25, 0.3) is 0 Å². The molecule has 17 heavy (non-hydrogen) atoms. The number of hydrogen-bond acceptors (Lipinski definition) is 5. The van der Waals surface area contributed by atoms with Crippen LogP contribution in [0.15, 0.2) is 6.20 Å². The molecule has 2 N–H and O–H groups in total. The first kappa shape index (κ1) is 13.5. The van der Waals surface area contributed by atoms with Crippen LogP contribution in [0.2, 0.25) is 0 Å². The highest BCUT2D eigenvalue weighted by molar-refractivity contribution is 7.93. The topological polar surface area (TPSA) is 101 Å². The number of ether oxygens (including phenoxy) is 1. The van der Waals surface area contributed by atoms with E-state index in [2.05, 4.69) is 14.9 Å². The molecule has 1 heterocycles. The SMILES string of the molecule is CCOC(=O)c1cn[nH]c1NS(=O)(=O)C(C)C. The van der Waals surface area contributed by atoms with Crippen LogP contribution < -0.4 is 4.72 Å². The summed E-state index contributed by atoms with van der Waals surface area (Å²) in [6.07, 6.45) is 1.22. The average molecular weight is 261 g/mol. The van der Waals surface area contributed by atoms with Crippen molar-refractivity contribution in [2.75, 3.05) is 11.3 Å². The minimum atomic E-state index is -3.52. The first-order valence-corrected chi connectivity index (χ1v) is 6.65. The predicted molar refractivity (Wildman–Crippen MR) is 62.2 cm³/mol. The van der Waals surface area contributed by atoms with E-state index in [1.807, 2.05) is 0 Å². The lowest BCUT2D eigenvalue weighted by molar-refractivity contribution is 0.0527. The Kier molecular flexibility index (Phi) is 4.11. The summed E-state index contributed by atoms with van der Waals surface area (Å²) in [5, 5.41) is 5.42. The molecule has 0 fully saturated rings. The molecule has 0 spiro atoms. The molecule has 0 aliphatic carbocycles. The lowest BCUT2D eigenvalue weighted by Crippen LogP contribution is -2.23. The van der Waals surface area contributed by atoms with Crippen LogP contribution in [0.3, 0.4) is 0 Å². The zero-order chi connectivity index (χ0) is 13.1. The summed E-state index contributed by atoms with van der Waals surface area (Å²) in [7, 11) is -3.52. The van der Waals surface area contributed by atoms with Gasteiger partial charge < -0.3 is 4.74 Å². The number of aromatic amines is 1. The summed E-state index contributed by atoms with van der Waals surface area (Å²) in [6, 6.07) is 0. The molecule has 0 amide bonds. The van der Waals surface area contributed by atoms with Crippen molar-refractivity contribution in [1.82, 2.24) is 10.2 Å². The summed E-state index contributed by atoms with van der Waals surface area (Å²) >= 11 is 0. The lowest BCUT2D eigenvalue weighted by Gasteiger charge is -2.10. The molecule has 0 bridgehead atoms. The molecule has 7 nitrogen and oxygen atoms in total. The molecule has 0 saturated carbocycles. The first-order chi connectivity index (χ1) is 7.88. The van der Waals surface area contributed by atoms with Crippen molar-refractivity contribution in [1.29, 1.82) is 0 Å². The van der Waals surface area contributed by atoms with E-state index in [9.17, 15) is 13.2 Å². The Hall–Kier alpha value is -1.57. The summed E-state index contributed by atoms with van der Waals surface area (Å²) < 4.78 is 30.3. The Bertz CT molecular complexity index is 492. The van der Waals surface area contributed by atoms with Crippen molar-refractivity contribution in [3.8, 4) is 0 Å². The Balaban J connectivity index is 2.94. The lowest BCUT2D eigenvalue weighted by atomic mass is 10.3. The number of carbonyl (C=O) groups is 1. The molecule has 0 unspecified atom stereocenters. The molecular weight excluding hydrogens is 246 g/mol. The fourth-order valence-corrected chi connectivity index (χ4v) is 1.66. The molecule has 1 rings (SSSR count). The molecular formula is C9H15N3O4S. The van der Waals surface area contributed by atoms with Crippen LogP contribution in [0, 0.1) is 0 Å². The maximum atomic E-state index is 11.6. The monoisotopic (exact) mass is 261 g/mol. The Morgan fingerprint density at radius 3 is 2.76 bits per heavy atom. The molecule has 0 aliphatic rings. The van der Waals surface area contributed by atoms with E-state index < -0.39 is 21.2 Å². The molecule has 0 saturated heterocycles. The second kappa shape index (κ2) is 5.17. The van der Waals surface area contributed by atoms with Gasteiger partial charge in [0.15, 0.2) is 0 Å². The summed E-state index contributed by atoms with van der Waals surface area (Å²) in [4.78, 5) is 11.5. The van der Waals surface area contributed by atoms with Crippen LogP contribution >= 0.6 is 0 Å². The third-order valence-corrected chi connectivity index (χ3v) is 3.73. The van der Waals surface area contributed by atoms with Crippen LogP contribution in [-0.4, -0.2) is 36.4 Å². The van der Waals surface area contributed by atoms with Crippen LogP contribution in [0.1, 0.15) is 31.1 Å². The van der Waals surface area contributed by atoms with Crippen LogP contribution in [0.4, 0.5) is 5.82 Å². The number of nitrogens with zero attached hydrogens (tertiary/aromatic N) is 1. The number of sulfonamides is 1. The van der Waals surface area contributed by atoms with Crippen molar-refractivity contribution in [3.05, 3.63) is 11.8 Å². The zero-order valence-corrected chi connectivity index (χ0v) is 10.7. The van der Waals surface area contributed by atoms with E-state index in [1.54, 1.807) is 6.92 Å². The van der Waals surface area contributed by atoms with Crippen LogP contribution in [0.25, 0.3) is 0 Å². The smallest absolute Gasteiger partial charge is 0.343 e. The Labute approximate surface area is 99.6 Å². The first-order valence-electron chi connectivity index (χ1n) is 5.10. The van der Waals surface area contributed by atoms with Crippen molar-refractivity contribution >= 4 is 21.8 Å². The van der Waals surface area contributed by atoms with E-state index in [0.29, 0.717) is 0 Å². The van der Waals surface area contributed by atoms with Gasteiger partial charge in [-0.05, 0) is 20.8 Å². The molecule has 0 aromatic carbocycles. The fourth-order valence-electron chi connectivity index (χ4n) is 0.988. The van der Waals surface area contributed by atoms with E-state index in [4.69, 9.17) is 4.74 Å². The number of rotatable bonds is 5. The number of H-pyrrole nitrogens is 1. The second-order valence-electron chi connectivity index (χ2n) is 3.57. The second-order valence-corrected chi connectivity index (χ2v) is 5.81. The molecule has 0 radical (unpaired) electrons. The van der Waals surface area contributed by atoms with Crippen LogP contribution in [-0.2, 0) is 14.8 Å². The summed E-state index contributed by atoms with van der Waals surface area (Å²) in [5.74, 6) is -0.597. The highest BCUT2D eigenvalue weighted by Gasteiger charge is 2.21. The third-order valence-electron chi connectivity index (χ3n) is 2.00. The van der Waals surface area contributed by atoms with E-state index >= 15 is 0 Å². The largest absolute Gasteiger partial charge is 0.462 e. The number of aromatic nitrogens is 2. The van der Waals surface area contributed by atoms with Gasteiger partial charge in [-0.15, -0.1) is 0 Å². The van der Waals surface area contributed by atoms with Gasteiger partial charge in [0, 0.05) is 0 Å². The number of esters is 1.